The fraction of sp³-hybridized carbons (Fsp3) is 0.300. The number of halogens is 4. The number of carbonyl (C=O) groups is 1. The molecule has 0 saturated heterocycles. The lowest BCUT2D eigenvalue weighted by Gasteiger charge is -2.16. The molecule has 0 aliphatic rings. The molecule has 3 aromatic rings. The van der Waals surface area contributed by atoms with Gasteiger partial charge in [0.1, 0.15) is 6.54 Å². The molecule has 2 heterocycles. The predicted octanol–water partition coefficient (Wildman–Crippen LogP) is 3.97. The maximum absolute atomic E-state index is 13.0. The average Bonchev–Trinajstić information content (AvgIpc) is 3.00. The Morgan fingerprint density at radius 1 is 1.16 bits per heavy atom. The molecule has 0 radical (unpaired) electrons. The minimum Gasteiger partial charge on any atom is -0.323 e. The Balaban J connectivity index is 2.00. The molecule has 164 valence electrons. The van der Waals surface area contributed by atoms with E-state index < -0.39 is 29.8 Å². The lowest BCUT2D eigenvalue weighted by atomic mass is 10.2. The molecule has 0 spiro atoms. The number of hydrogen-bond donors (Lipinski definition) is 1. The summed E-state index contributed by atoms with van der Waals surface area (Å²) in [5.74, 6) is -0.611. The van der Waals surface area contributed by atoms with Gasteiger partial charge in [0.2, 0.25) is 11.9 Å². The molecular formula is C20H19ClF3N5O2. The van der Waals surface area contributed by atoms with E-state index in [-0.39, 0.29) is 16.7 Å². The maximum atomic E-state index is 13.0. The lowest BCUT2D eigenvalue weighted by Crippen LogP contribution is -2.34. The van der Waals surface area contributed by atoms with Crippen molar-refractivity contribution in [3.05, 3.63) is 67.9 Å². The van der Waals surface area contributed by atoms with Crippen molar-refractivity contribution < 1.29 is 18.0 Å². The van der Waals surface area contributed by atoms with E-state index >= 15 is 0 Å². The summed E-state index contributed by atoms with van der Waals surface area (Å²) in [5.41, 5.74) is 0.583. The van der Waals surface area contributed by atoms with Crippen molar-refractivity contribution in [1.82, 2.24) is 19.3 Å². The summed E-state index contributed by atoms with van der Waals surface area (Å²) >= 11 is 5.94. The predicted molar refractivity (Wildman–Crippen MR) is 110 cm³/mol. The van der Waals surface area contributed by atoms with Gasteiger partial charge in [-0.1, -0.05) is 11.6 Å². The van der Waals surface area contributed by atoms with Gasteiger partial charge in [0, 0.05) is 17.0 Å². The highest BCUT2D eigenvalue weighted by Crippen LogP contribution is 2.33. The van der Waals surface area contributed by atoms with Crippen LogP contribution >= 0.6 is 11.6 Å². The molecule has 0 fully saturated rings. The van der Waals surface area contributed by atoms with Gasteiger partial charge in [-0.2, -0.15) is 18.3 Å². The number of rotatable bonds is 4. The Hall–Kier alpha value is -3.14. The van der Waals surface area contributed by atoms with Gasteiger partial charge in [0.25, 0.3) is 5.56 Å². The highest BCUT2D eigenvalue weighted by atomic mass is 35.5. The minimum atomic E-state index is -4.60. The zero-order valence-corrected chi connectivity index (χ0v) is 17.9. The van der Waals surface area contributed by atoms with Crippen molar-refractivity contribution >= 4 is 23.2 Å². The van der Waals surface area contributed by atoms with Crippen LogP contribution in [0.2, 0.25) is 5.02 Å². The van der Waals surface area contributed by atoms with Gasteiger partial charge in [-0.15, -0.1) is 0 Å². The lowest BCUT2D eigenvalue weighted by molar-refractivity contribution is -0.137. The second-order valence-corrected chi connectivity index (χ2v) is 7.50. The number of amides is 1. The summed E-state index contributed by atoms with van der Waals surface area (Å²) in [6.45, 7) is 6.29. The maximum Gasteiger partial charge on any atom is 0.416 e. The third-order valence-electron chi connectivity index (χ3n) is 4.69. The van der Waals surface area contributed by atoms with Gasteiger partial charge in [-0.05, 0) is 52.0 Å². The largest absolute Gasteiger partial charge is 0.416 e. The number of alkyl halides is 3. The molecular weight excluding hydrogens is 435 g/mol. The first-order valence-electron chi connectivity index (χ1n) is 9.16. The van der Waals surface area contributed by atoms with Crippen LogP contribution < -0.4 is 10.9 Å². The molecule has 11 heteroatoms. The monoisotopic (exact) mass is 453 g/mol. The van der Waals surface area contributed by atoms with Crippen molar-refractivity contribution in [1.29, 1.82) is 0 Å². The molecule has 7 nitrogen and oxygen atoms in total. The summed E-state index contributed by atoms with van der Waals surface area (Å²) in [5, 5.41) is 6.59. The fourth-order valence-electron chi connectivity index (χ4n) is 3.01. The first kappa shape index (κ1) is 22.5. The number of aromatic nitrogens is 4. The number of nitrogens with zero attached hydrogens (tertiary/aromatic N) is 4. The van der Waals surface area contributed by atoms with Gasteiger partial charge in [0.15, 0.2) is 0 Å². The molecule has 0 unspecified atom stereocenters. The van der Waals surface area contributed by atoms with Crippen molar-refractivity contribution in [2.24, 2.45) is 0 Å². The van der Waals surface area contributed by atoms with Gasteiger partial charge < -0.3 is 5.32 Å². The number of carbonyl (C=O) groups excluding carboxylic acids is 1. The quantitative estimate of drug-likeness (QED) is 0.648. The van der Waals surface area contributed by atoms with Crippen LogP contribution in [0.15, 0.2) is 29.1 Å². The van der Waals surface area contributed by atoms with Crippen molar-refractivity contribution in [2.45, 2.75) is 40.4 Å². The van der Waals surface area contributed by atoms with Gasteiger partial charge in [-0.25, -0.2) is 9.67 Å². The van der Waals surface area contributed by atoms with Crippen LogP contribution in [0.1, 0.15) is 28.2 Å². The Kier molecular flexibility index (Phi) is 5.95. The summed E-state index contributed by atoms with van der Waals surface area (Å²) < 4.78 is 41.5. The van der Waals surface area contributed by atoms with Crippen molar-refractivity contribution in [2.75, 3.05) is 5.32 Å². The van der Waals surface area contributed by atoms with Crippen LogP contribution in [0.4, 0.5) is 18.9 Å². The normalized spacial score (nSPS) is 11.6. The molecule has 0 bridgehead atoms. The molecule has 1 aromatic carbocycles. The van der Waals surface area contributed by atoms with E-state index in [0.29, 0.717) is 22.6 Å². The van der Waals surface area contributed by atoms with E-state index in [2.05, 4.69) is 15.4 Å². The zero-order valence-electron chi connectivity index (χ0n) is 17.1. The second-order valence-electron chi connectivity index (χ2n) is 7.09. The van der Waals surface area contributed by atoms with Gasteiger partial charge >= 0.3 is 6.18 Å². The third-order valence-corrected chi connectivity index (χ3v) is 5.02. The molecule has 0 atom stereocenters. The molecule has 3 rings (SSSR count). The van der Waals surface area contributed by atoms with Crippen LogP contribution in [0.25, 0.3) is 5.95 Å². The molecule has 0 saturated carbocycles. The number of hydrogen-bond acceptors (Lipinski definition) is 4. The summed E-state index contributed by atoms with van der Waals surface area (Å²) in [4.78, 5) is 29.9. The van der Waals surface area contributed by atoms with Crippen molar-refractivity contribution in [3.8, 4) is 5.95 Å². The van der Waals surface area contributed by atoms with Gasteiger partial charge in [0.05, 0.1) is 22.0 Å². The first-order valence-corrected chi connectivity index (χ1v) is 9.54. The van der Waals surface area contributed by atoms with Crippen LogP contribution in [-0.2, 0) is 17.5 Å². The Labute approximate surface area is 180 Å². The third kappa shape index (κ3) is 4.63. The highest BCUT2D eigenvalue weighted by Gasteiger charge is 2.31. The van der Waals surface area contributed by atoms with Crippen LogP contribution in [0, 0.1) is 27.7 Å². The van der Waals surface area contributed by atoms with Crippen LogP contribution in [-0.4, -0.2) is 25.2 Å². The van der Waals surface area contributed by atoms with E-state index in [0.717, 1.165) is 22.8 Å². The fourth-order valence-corrected chi connectivity index (χ4v) is 3.17. The molecule has 2 aromatic heterocycles. The van der Waals surface area contributed by atoms with E-state index in [1.54, 1.807) is 33.8 Å². The number of benzene rings is 1. The summed E-state index contributed by atoms with van der Waals surface area (Å²) in [6.07, 6.45) is -4.60. The Bertz CT molecular complexity index is 1230. The minimum absolute atomic E-state index is 0.0642. The molecule has 0 aliphatic carbocycles. The topological polar surface area (TPSA) is 81.8 Å². The second kappa shape index (κ2) is 8.18. The first-order chi connectivity index (χ1) is 14.4. The summed E-state index contributed by atoms with van der Waals surface area (Å²) in [7, 11) is 0. The van der Waals surface area contributed by atoms with Crippen LogP contribution in [0.3, 0.4) is 0 Å². The molecule has 31 heavy (non-hydrogen) atoms. The summed E-state index contributed by atoms with van der Waals surface area (Å²) in [6, 6.07) is 4.39. The highest BCUT2D eigenvalue weighted by molar-refractivity contribution is 6.33. The number of aryl methyl sites for hydroxylation is 3. The zero-order chi connectivity index (χ0) is 23.1. The Morgan fingerprint density at radius 2 is 1.84 bits per heavy atom. The van der Waals surface area contributed by atoms with Crippen LogP contribution in [0.5, 0.6) is 0 Å². The SMILES string of the molecule is Cc1cc(C)n(-c2nc(C)c(C)c(=O)n2CC(=O)Nc2cc(C(F)(F)F)ccc2Cl)n1. The smallest absolute Gasteiger partial charge is 0.323 e. The Morgan fingerprint density at radius 3 is 2.42 bits per heavy atom. The average molecular weight is 454 g/mol. The van der Waals surface area contributed by atoms with E-state index in [9.17, 15) is 22.8 Å². The van der Waals surface area contributed by atoms with Crippen molar-refractivity contribution in [3.63, 3.8) is 0 Å². The number of nitrogens with one attached hydrogen (secondary N) is 1. The van der Waals surface area contributed by atoms with Gasteiger partial charge in [-0.3, -0.25) is 14.2 Å². The van der Waals surface area contributed by atoms with E-state index in [1.807, 2.05) is 0 Å². The molecule has 1 N–H and O–H groups in total. The standard InChI is InChI=1S/C20H19ClF3N5O2/c1-10-7-11(2)29(27-10)19-25-13(4)12(3)18(31)28(19)9-17(30)26-16-8-14(20(22,23)24)5-6-15(16)21/h5-8H,9H2,1-4H3,(H,26,30). The number of anilines is 1. The molecule has 1 amide bonds. The van der Waals surface area contributed by atoms with E-state index in [4.69, 9.17) is 11.6 Å². The molecule has 0 aliphatic heterocycles. The van der Waals surface area contributed by atoms with E-state index in [1.165, 1.54) is 4.68 Å².